The Morgan fingerprint density at radius 2 is 1.35 bits per heavy atom. The molecule has 0 bridgehead atoms. The molecule has 0 aliphatic rings. The minimum atomic E-state index is -0.108. The van der Waals surface area contributed by atoms with Crippen LogP contribution in [0, 0.1) is 0 Å². The molecule has 0 spiro atoms. The molecular formula is C11H12N4O2. The standard InChI is InChI=1S/C11H12N4O2/c16-10(14-8-2-6-12-14)4-1-5-11(17)15-9-3-7-13-15/h2-3,6-9H,1,4-5H2. The Kier molecular flexibility index (Phi) is 3.44. The Morgan fingerprint density at radius 3 is 1.71 bits per heavy atom. The lowest BCUT2D eigenvalue weighted by molar-refractivity contribution is 0.0857. The summed E-state index contributed by atoms with van der Waals surface area (Å²) in [5.74, 6) is -0.216. The SMILES string of the molecule is O=C(CCCC(=O)n1cccn1)n1cccn1. The smallest absolute Gasteiger partial charge is 0.246 e. The first-order valence-electron chi connectivity index (χ1n) is 5.33. The minimum Gasteiger partial charge on any atom is -0.273 e. The van der Waals surface area contributed by atoms with Gasteiger partial charge in [-0.25, -0.2) is 9.36 Å². The molecule has 0 unspecified atom stereocenters. The van der Waals surface area contributed by atoms with E-state index in [-0.39, 0.29) is 11.8 Å². The van der Waals surface area contributed by atoms with Crippen LogP contribution < -0.4 is 0 Å². The lowest BCUT2D eigenvalue weighted by Gasteiger charge is -2.01. The van der Waals surface area contributed by atoms with Gasteiger partial charge in [0.05, 0.1) is 0 Å². The second kappa shape index (κ2) is 5.20. The molecule has 2 rings (SSSR count). The molecule has 0 aromatic carbocycles. The van der Waals surface area contributed by atoms with Crippen molar-refractivity contribution in [1.29, 1.82) is 0 Å². The third kappa shape index (κ3) is 2.87. The summed E-state index contributed by atoms with van der Waals surface area (Å²) in [6.45, 7) is 0. The van der Waals surface area contributed by atoms with Gasteiger partial charge in [0.1, 0.15) is 0 Å². The maximum absolute atomic E-state index is 11.5. The highest BCUT2D eigenvalue weighted by atomic mass is 16.2. The van der Waals surface area contributed by atoms with Crippen molar-refractivity contribution in [2.24, 2.45) is 0 Å². The van der Waals surface area contributed by atoms with Gasteiger partial charge in [-0.15, -0.1) is 0 Å². The molecule has 17 heavy (non-hydrogen) atoms. The van der Waals surface area contributed by atoms with Crippen LogP contribution in [0.1, 0.15) is 28.9 Å². The molecule has 6 heteroatoms. The second-order valence-electron chi connectivity index (χ2n) is 3.54. The van der Waals surface area contributed by atoms with Gasteiger partial charge in [-0.2, -0.15) is 10.2 Å². The van der Waals surface area contributed by atoms with E-state index in [9.17, 15) is 9.59 Å². The topological polar surface area (TPSA) is 69.8 Å². The Hall–Kier alpha value is -2.24. The molecule has 0 amide bonds. The average Bonchev–Trinajstić information content (AvgIpc) is 3.02. The summed E-state index contributed by atoms with van der Waals surface area (Å²) in [7, 11) is 0. The van der Waals surface area contributed by atoms with E-state index in [1.807, 2.05) is 0 Å². The molecule has 88 valence electrons. The quantitative estimate of drug-likeness (QED) is 0.795. The molecule has 0 aliphatic heterocycles. The lowest BCUT2D eigenvalue weighted by atomic mass is 10.2. The second-order valence-corrected chi connectivity index (χ2v) is 3.54. The van der Waals surface area contributed by atoms with Crippen molar-refractivity contribution in [3.63, 3.8) is 0 Å². The number of nitrogens with zero attached hydrogens (tertiary/aromatic N) is 4. The molecular weight excluding hydrogens is 220 g/mol. The van der Waals surface area contributed by atoms with Crippen molar-refractivity contribution >= 4 is 11.8 Å². The largest absolute Gasteiger partial charge is 0.273 e. The number of aromatic nitrogens is 4. The van der Waals surface area contributed by atoms with Gasteiger partial charge in [0.2, 0.25) is 11.8 Å². The van der Waals surface area contributed by atoms with E-state index >= 15 is 0 Å². The molecule has 0 saturated carbocycles. The predicted molar refractivity (Wildman–Crippen MR) is 59.6 cm³/mol. The fraction of sp³-hybridized carbons (Fsp3) is 0.273. The van der Waals surface area contributed by atoms with E-state index in [0.29, 0.717) is 19.3 Å². The molecule has 0 saturated heterocycles. The predicted octanol–water partition coefficient (Wildman–Crippen LogP) is 1.23. The fourth-order valence-corrected chi connectivity index (χ4v) is 1.45. The first-order valence-corrected chi connectivity index (χ1v) is 5.33. The van der Waals surface area contributed by atoms with Gasteiger partial charge in [-0.05, 0) is 18.6 Å². The summed E-state index contributed by atoms with van der Waals surface area (Å²) in [6.07, 6.45) is 7.38. The summed E-state index contributed by atoms with van der Waals surface area (Å²) < 4.78 is 2.55. The molecule has 6 nitrogen and oxygen atoms in total. The highest BCUT2D eigenvalue weighted by Gasteiger charge is 2.08. The molecule has 0 aliphatic carbocycles. The van der Waals surface area contributed by atoms with Crippen LogP contribution in [0.15, 0.2) is 36.9 Å². The van der Waals surface area contributed by atoms with Gasteiger partial charge in [-0.1, -0.05) is 0 Å². The highest BCUT2D eigenvalue weighted by molar-refractivity contribution is 5.80. The van der Waals surface area contributed by atoms with E-state index in [2.05, 4.69) is 10.2 Å². The first kappa shape index (κ1) is 11.3. The van der Waals surface area contributed by atoms with Gasteiger partial charge in [0.25, 0.3) is 0 Å². The molecule has 0 N–H and O–H groups in total. The Balaban J connectivity index is 1.77. The van der Waals surface area contributed by atoms with E-state index in [1.165, 1.54) is 9.36 Å². The summed E-state index contributed by atoms with van der Waals surface area (Å²) in [6, 6.07) is 3.37. The van der Waals surface area contributed by atoms with Crippen molar-refractivity contribution in [3.8, 4) is 0 Å². The average molecular weight is 232 g/mol. The normalized spacial score (nSPS) is 10.4. The van der Waals surface area contributed by atoms with Crippen molar-refractivity contribution in [1.82, 2.24) is 19.6 Å². The minimum absolute atomic E-state index is 0.108. The maximum Gasteiger partial charge on any atom is 0.246 e. The van der Waals surface area contributed by atoms with E-state index in [1.54, 1.807) is 36.9 Å². The van der Waals surface area contributed by atoms with E-state index in [0.717, 1.165) is 0 Å². The lowest BCUT2D eigenvalue weighted by Crippen LogP contribution is -2.14. The molecule has 0 fully saturated rings. The van der Waals surface area contributed by atoms with Crippen molar-refractivity contribution in [2.45, 2.75) is 19.3 Å². The zero-order valence-electron chi connectivity index (χ0n) is 9.19. The number of rotatable bonds is 4. The van der Waals surface area contributed by atoms with Gasteiger partial charge < -0.3 is 0 Å². The molecule has 0 atom stereocenters. The molecule has 2 aromatic heterocycles. The number of carbonyl (C=O) groups excluding carboxylic acids is 2. The third-order valence-electron chi connectivity index (χ3n) is 2.30. The van der Waals surface area contributed by atoms with Crippen LogP contribution in [-0.4, -0.2) is 31.4 Å². The van der Waals surface area contributed by atoms with E-state index in [4.69, 9.17) is 0 Å². The summed E-state index contributed by atoms with van der Waals surface area (Å²) in [5, 5.41) is 7.66. The zero-order chi connectivity index (χ0) is 12.1. The fourth-order valence-electron chi connectivity index (χ4n) is 1.45. The molecule has 0 radical (unpaired) electrons. The number of hydrogen-bond acceptors (Lipinski definition) is 4. The van der Waals surface area contributed by atoms with Crippen LogP contribution in [0.2, 0.25) is 0 Å². The van der Waals surface area contributed by atoms with Crippen LogP contribution in [0.5, 0.6) is 0 Å². The maximum atomic E-state index is 11.5. The van der Waals surface area contributed by atoms with Crippen LogP contribution in [-0.2, 0) is 0 Å². The Morgan fingerprint density at radius 1 is 0.882 bits per heavy atom. The van der Waals surface area contributed by atoms with Crippen molar-refractivity contribution < 1.29 is 9.59 Å². The monoisotopic (exact) mass is 232 g/mol. The van der Waals surface area contributed by atoms with E-state index < -0.39 is 0 Å². The van der Waals surface area contributed by atoms with Crippen LogP contribution in [0.25, 0.3) is 0 Å². The van der Waals surface area contributed by atoms with Crippen molar-refractivity contribution in [2.75, 3.05) is 0 Å². The first-order chi connectivity index (χ1) is 8.27. The highest BCUT2D eigenvalue weighted by Crippen LogP contribution is 2.01. The number of carbonyl (C=O) groups is 2. The summed E-state index contributed by atoms with van der Waals surface area (Å²) in [4.78, 5) is 23.1. The Labute approximate surface area is 97.9 Å². The molecule has 2 aromatic rings. The van der Waals surface area contributed by atoms with Crippen LogP contribution in [0.4, 0.5) is 0 Å². The van der Waals surface area contributed by atoms with Crippen molar-refractivity contribution in [3.05, 3.63) is 36.9 Å². The van der Waals surface area contributed by atoms with Gasteiger partial charge in [-0.3, -0.25) is 9.59 Å². The van der Waals surface area contributed by atoms with Gasteiger partial charge in [0, 0.05) is 37.6 Å². The number of hydrogen-bond donors (Lipinski definition) is 0. The zero-order valence-corrected chi connectivity index (χ0v) is 9.19. The summed E-state index contributed by atoms with van der Waals surface area (Å²) in [5.41, 5.74) is 0. The van der Waals surface area contributed by atoms with Crippen LogP contribution in [0.3, 0.4) is 0 Å². The van der Waals surface area contributed by atoms with Gasteiger partial charge in [0.15, 0.2) is 0 Å². The summed E-state index contributed by atoms with van der Waals surface area (Å²) >= 11 is 0. The Bertz CT molecular complexity index is 441. The van der Waals surface area contributed by atoms with Gasteiger partial charge >= 0.3 is 0 Å². The molecule has 2 heterocycles. The third-order valence-corrected chi connectivity index (χ3v) is 2.30. The van der Waals surface area contributed by atoms with Crippen LogP contribution >= 0.6 is 0 Å².